The van der Waals surface area contributed by atoms with Crippen LogP contribution >= 0.6 is 0 Å². The van der Waals surface area contributed by atoms with E-state index in [4.69, 9.17) is 10.9 Å². The molecular formula is C10H17N3O3S. The number of rotatable bonds is 5. The van der Waals surface area contributed by atoms with Gasteiger partial charge < -0.3 is 16.2 Å². The Bertz CT molecular complexity index is 488. The van der Waals surface area contributed by atoms with Crippen molar-refractivity contribution in [3.63, 3.8) is 0 Å². The van der Waals surface area contributed by atoms with Gasteiger partial charge in [0, 0.05) is 17.9 Å². The summed E-state index contributed by atoms with van der Waals surface area (Å²) in [6.45, 7) is 2.17. The molecule has 0 radical (unpaired) electrons. The van der Waals surface area contributed by atoms with Gasteiger partial charge in [0.2, 0.25) is 10.0 Å². The van der Waals surface area contributed by atoms with Crippen LogP contribution in [0, 0.1) is 0 Å². The molecule has 1 unspecified atom stereocenters. The Labute approximate surface area is 101 Å². The number of aliphatic hydroxyl groups excluding tert-OH is 1. The molecule has 0 saturated heterocycles. The van der Waals surface area contributed by atoms with Crippen LogP contribution in [0.1, 0.15) is 13.3 Å². The first-order valence-corrected chi connectivity index (χ1v) is 6.73. The second kappa shape index (κ2) is 5.35. The van der Waals surface area contributed by atoms with Gasteiger partial charge in [-0.1, -0.05) is 6.92 Å². The molecule has 1 rings (SSSR count). The van der Waals surface area contributed by atoms with Gasteiger partial charge in [-0.2, -0.15) is 0 Å². The Morgan fingerprint density at radius 2 is 2.06 bits per heavy atom. The molecule has 0 spiro atoms. The summed E-state index contributed by atoms with van der Waals surface area (Å²) in [5, 5.41) is 17.3. The molecule has 0 aliphatic rings. The predicted molar refractivity (Wildman–Crippen MR) is 67.0 cm³/mol. The topological polar surface area (TPSA) is 118 Å². The molecule has 17 heavy (non-hydrogen) atoms. The van der Waals surface area contributed by atoms with Crippen molar-refractivity contribution in [2.24, 2.45) is 5.14 Å². The minimum atomic E-state index is -3.77. The molecule has 96 valence electrons. The van der Waals surface area contributed by atoms with Crippen molar-refractivity contribution < 1.29 is 13.5 Å². The van der Waals surface area contributed by atoms with Gasteiger partial charge in [0.1, 0.15) is 0 Å². The van der Waals surface area contributed by atoms with Crippen molar-refractivity contribution in [2.45, 2.75) is 24.3 Å². The molecule has 7 heteroatoms. The zero-order chi connectivity index (χ0) is 13.1. The molecule has 0 aliphatic heterocycles. The molecule has 0 fully saturated rings. The summed E-state index contributed by atoms with van der Waals surface area (Å²) in [6.07, 6.45) is 0.117. The average molecular weight is 259 g/mol. The van der Waals surface area contributed by atoms with E-state index in [9.17, 15) is 13.5 Å². The number of primary sulfonamides is 1. The highest BCUT2D eigenvalue weighted by atomic mass is 32.2. The van der Waals surface area contributed by atoms with Crippen LogP contribution in [0.4, 0.5) is 11.4 Å². The summed E-state index contributed by atoms with van der Waals surface area (Å²) in [7, 11) is -3.77. The second-order valence-electron chi connectivity index (χ2n) is 3.78. The lowest BCUT2D eigenvalue weighted by molar-refractivity contribution is 0.183. The van der Waals surface area contributed by atoms with Crippen molar-refractivity contribution in [1.29, 1.82) is 0 Å². The third-order valence-corrected chi connectivity index (χ3v) is 3.16. The van der Waals surface area contributed by atoms with Crippen molar-refractivity contribution >= 4 is 21.4 Å². The van der Waals surface area contributed by atoms with E-state index in [1.165, 1.54) is 12.1 Å². The lowest BCUT2D eigenvalue weighted by Gasteiger charge is -2.12. The third-order valence-electron chi connectivity index (χ3n) is 2.27. The Morgan fingerprint density at radius 3 is 2.59 bits per heavy atom. The van der Waals surface area contributed by atoms with Crippen LogP contribution in [-0.2, 0) is 10.0 Å². The molecular weight excluding hydrogens is 242 g/mol. The quantitative estimate of drug-likeness (QED) is 0.559. The van der Waals surface area contributed by atoms with Gasteiger partial charge in [0.05, 0.1) is 11.0 Å². The van der Waals surface area contributed by atoms with Crippen LogP contribution in [0.2, 0.25) is 0 Å². The van der Waals surface area contributed by atoms with Gasteiger partial charge in [-0.3, -0.25) is 0 Å². The Hall–Kier alpha value is -1.31. The number of anilines is 2. The van der Waals surface area contributed by atoms with Crippen molar-refractivity contribution in [2.75, 3.05) is 17.6 Å². The maximum absolute atomic E-state index is 11.2. The van der Waals surface area contributed by atoms with E-state index in [-0.39, 0.29) is 4.90 Å². The predicted octanol–water partition coefficient (Wildman–Crippen LogP) is 0.0990. The lowest BCUT2D eigenvalue weighted by Crippen LogP contribution is -2.19. The highest BCUT2D eigenvalue weighted by molar-refractivity contribution is 7.89. The van der Waals surface area contributed by atoms with Gasteiger partial charge >= 0.3 is 0 Å². The first kappa shape index (κ1) is 13.8. The lowest BCUT2D eigenvalue weighted by atomic mass is 10.2. The maximum Gasteiger partial charge on any atom is 0.238 e. The van der Waals surface area contributed by atoms with E-state index in [1.807, 2.05) is 6.92 Å². The fourth-order valence-corrected chi connectivity index (χ4v) is 1.86. The number of nitrogens with one attached hydrogen (secondary N) is 1. The van der Waals surface area contributed by atoms with Crippen LogP contribution in [0.5, 0.6) is 0 Å². The Morgan fingerprint density at radius 1 is 1.41 bits per heavy atom. The molecule has 0 bridgehead atoms. The summed E-state index contributed by atoms with van der Waals surface area (Å²) in [4.78, 5) is -0.0500. The Kier molecular flexibility index (Phi) is 4.33. The van der Waals surface area contributed by atoms with Crippen molar-refractivity contribution in [1.82, 2.24) is 0 Å². The summed E-state index contributed by atoms with van der Waals surface area (Å²) in [5.74, 6) is 0. The molecule has 0 saturated carbocycles. The molecule has 1 aromatic carbocycles. The van der Waals surface area contributed by atoms with Crippen LogP contribution in [0.3, 0.4) is 0 Å². The van der Waals surface area contributed by atoms with Crippen molar-refractivity contribution in [3.05, 3.63) is 18.2 Å². The molecule has 1 atom stereocenters. The first-order chi connectivity index (χ1) is 7.82. The Balaban J connectivity index is 2.91. The number of nitrogens with two attached hydrogens (primary N) is 2. The normalized spacial score (nSPS) is 13.4. The fraction of sp³-hybridized carbons (Fsp3) is 0.400. The molecule has 6 N–H and O–H groups in total. The number of aliphatic hydroxyl groups is 1. The van der Waals surface area contributed by atoms with Gasteiger partial charge in [-0.15, -0.1) is 0 Å². The number of hydrogen-bond acceptors (Lipinski definition) is 5. The zero-order valence-electron chi connectivity index (χ0n) is 9.55. The number of benzene rings is 1. The maximum atomic E-state index is 11.2. The molecule has 0 amide bonds. The minimum Gasteiger partial charge on any atom is -0.399 e. The average Bonchev–Trinajstić information content (AvgIpc) is 2.24. The van der Waals surface area contributed by atoms with E-state index in [0.29, 0.717) is 24.3 Å². The standard InChI is InChI=1S/C10H17N3O3S/c1-2-9(14)6-13-8-3-7(11)4-10(5-8)17(12,15)16/h3-5,9,13-14H,2,6,11H2,1H3,(H2,12,15,16). The fourth-order valence-electron chi connectivity index (χ4n) is 1.27. The number of nitrogen functional groups attached to an aromatic ring is 1. The zero-order valence-corrected chi connectivity index (χ0v) is 10.4. The molecule has 0 heterocycles. The van der Waals surface area contributed by atoms with Gasteiger partial charge in [-0.05, 0) is 24.6 Å². The van der Waals surface area contributed by atoms with Crippen LogP contribution < -0.4 is 16.2 Å². The van der Waals surface area contributed by atoms with Crippen LogP contribution in [0.25, 0.3) is 0 Å². The summed E-state index contributed by atoms with van der Waals surface area (Å²) in [5.41, 5.74) is 6.38. The van der Waals surface area contributed by atoms with E-state index >= 15 is 0 Å². The minimum absolute atomic E-state index is 0.0500. The molecule has 1 aromatic rings. The SMILES string of the molecule is CCC(O)CNc1cc(N)cc(S(N)(=O)=O)c1. The second-order valence-corrected chi connectivity index (χ2v) is 5.34. The highest BCUT2D eigenvalue weighted by Gasteiger charge is 2.10. The third kappa shape index (κ3) is 4.22. The van der Waals surface area contributed by atoms with Gasteiger partial charge in [0.25, 0.3) is 0 Å². The van der Waals surface area contributed by atoms with Crippen LogP contribution in [0.15, 0.2) is 23.1 Å². The summed E-state index contributed by atoms with van der Waals surface area (Å²) >= 11 is 0. The summed E-state index contributed by atoms with van der Waals surface area (Å²) < 4.78 is 22.4. The first-order valence-electron chi connectivity index (χ1n) is 5.18. The summed E-state index contributed by atoms with van der Waals surface area (Å²) in [6, 6.07) is 4.25. The largest absolute Gasteiger partial charge is 0.399 e. The van der Waals surface area contributed by atoms with E-state index < -0.39 is 16.1 Å². The molecule has 0 aliphatic carbocycles. The number of sulfonamides is 1. The number of hydrogen-bond donors (Lipinski definition) is 4. The van der Waals surface area contributed by atoms with Gasteiger partial charge in [-0.25, -0.2) is 13.6 Å². The molecule has 0 aromatic heterocycles. The van der Waals surface area contributed by atoms with E-state index in [0.717, 1.165) is 0 Å². The highest BCUT2D eigenvalue weighted by Crippen LogP contribution is 2.19. The monoisotopic (exact) mass is 259 g/mol. The van der Waals surface area contributed by atoms with E-state index in [2.05, 4.69) is 5.32 Å². The van der Waals surface area contributed by atoms with E-state index in [1.54, 1.807) is 6.07 Å². The smallest absolute Gasteiger partial charge is 0.238 e. The van der Waals surface area contributed by atoms with Gasteiger partial charge in [0.15, 0.2) is 0 Å². The van der Waals surface area contributed by atoms with Crippen molar-refractivity contribution in [3.8, 4) is 0 Å². The van der Waals surface area contributed by atoms with Crippen LogP contribution in [-0.4, -0.2) is 26.2 Å². The molecule has 6 nitrogen and oxygen atoms in total.